The zero-order valence-electron chi connectivity index (χ0n) is 18.0. The van der Waals surface area contributed by atoms with Crippen molar-refractivity contribution < 1.29 is 14.4 Å². The van der Waals surface area contributed by atoms with Gasteiger partial charge in [0, 0.05) is 12.1 Å². The number of aryl methyl sites for hydroxylation is 1. The zero-order chi connectivity index (χ0) is 22.0. The second-order valence-electron chi connectivity index (χ2n) is 9.71. The van der Waals surface area contributed by atoms with Crippen LogP contribution in [0.1, 0.15) is 17.5 Å². The summed E-state index contributed by atoms with van der Waals surface area (Å²) in [5.74, 6) is 0.135. The average Bonchev–Trinajstić information content (AvgIpc) is 3.58. The summed E-state index contributed by atoms with van der Waals surface area (Å²) in [6.45, 7) is 1.93. The number of likely N-dealkylation sites (tertiary alicyclic amines) is 1. The van der Waals surface area contributed by atoms with Crippen molar-refractivity contribution in [3.8, 4) is 0 Å². The molecular weight excluding hydrogens is 400 g/mol. The fourth-order valence-electron chi connectivity index (χ4n) is 6.35. The van der Waals surface area contributed by atoms with Crippen molar-refractivity contribution in [3.63, 3.8) is 0 Å². The number of rotatable bonds is 5. The molecule has 162 valence electrons. The summed E-state index contributed by atoms with van der Waals surface area (Å²) in [5, 5.41) is 2.98. The highest BCUT2D eigenvalue weighted by molar-refractivity contribution is 6.10. The molecule has 0 unspecified atom stereocenters. The first kappa shape index (κ1) is 19.5. The molecule has 0 aromatic heterocycles. The van der Waals surface area contributed by atoms with Crippen LogP contribution in [0.15, 0.2) is 66.7 Å². The Labute approximate surface area is 187 Å². The van der Waals surface area contributed by atoms with Crippen LogP contribution < -0.4 is 5.32 Å². The number of imide groups is 1. The molecule has 7 rings (SSSR count). The molecule has 1 aliphatic heterocycles. The van der Waals surface area contributed by atoms with E-state index in [2.05, 4.69) is 17.5 Å². The maximum absolute atomic E-state index is 13.7. The minimum Gasteiger partial charge on any atom is -0.324 e. The molecule has 5 aliphatic rings. The number of carbonyl (C=O) groups excluding carboxylic acids is 3. The molecule has 32 heavy (non-hydrogen) atoms. The lowest BCUT2D eigenvalue weighted by atomic mass is 9.63. The monoisotopic (exact) mass is 426 g/mol. The molecule has 2 bridgehead atoms. The van der Waals surface area contributed by atoms with E-state index in [1.807, 2.05) is 61.5 Å². The molecule has 5 nitrogen and oxygen atoms in total. The minimum absolute atomic E-state index is 0.147. The van der Waals surface area contributed by atoms with Gasteiger partial charge in [-0.1, -0.05) is 60.7 Å². The topological polar surface area (TPSA) is 66.5 Å². The largest absolute Gasteiger partial charge is 0.324 e. The van der Waals surface area contributed by atoms with Gasteiger partial charge in [0.15, 0.2) is 0 Å². The lowest BCUT2D eigenvalue weighted by molar-refractivity contribution is -0.146. The van der Waals surface area contributed by atoms with Crippen LogP contribution in [-0.2, 0) is 20.8 Å². The van der Waals surface area contributed by atoms with Crippen molar-refractivity contribution in [3.05, 3.63) is 77.9 Å². The predicted octanol–water partition coefficient (Wildman–Crippen LogP) is 3.60. The number of amides is 3. The fourth-order valence-corrected chi connectivity index (χ4v) is 6.35. The number of carbonyl (C=O) groups is 3. The number of allylic oxidation sites excluding steroid dienone is 2. The van der Waals surface area contributed by atoms with E-state index in [-0.39, 0.29) is 41.4 Å². The Bertz CT molecular complexity index is 1100. The standard InChI is InChI=1S/C27H26N2O3/c1-15-7-5-6-10-21(15)28-25(30)22(13-16-8-3-2-4-9-16)29-26(31)23-17-11-12-18(20-14-19(17)20)24(23)27(29)32/h2-12,17-20,22-24H,13-14H2,1H3,(H,28,30)/t17-,18-,19-,20-,22-,23+,24+/m0/s1. The number of nitrogens with zero attached hydrogens (tertiary/aromatic N) is 1. The molecule has 3 fully saturated rings. The Morgan fingerprint density at radius 3 is 2.16 bits per heavy atom. The summed E-state index contributed by atoms with van der Waals surface area (Å²) >= 11 is 0. The fraction of sp³-hybridized carbons (Fsp3) is 0.370. The molecule has 4 aliphatic carbocycles. The Morgan fingerprint density at radius 1 is 0.938 bits per heavy atom. The SMILES string of the molecule is Cc1ccccc1NC(=O)[C@H](Cc1ccccc1)N1C(=O)[C@@H]2[C@H]3C=C[C@@H]([C@@H]4C[C@@H]34)[C@H]2C1=O. The summed E-state index contributed by atoms with van der Waals surface area (Å²) in [6.07, 6.45) is 5.75. The molecule has 7 atom stereocenters. The van der Waals surface area contributed by atoms with E-state index in [1.54, 1.807) is 0 Å². The van der Waals surface area contributed by atoms with E-state index in [4.69, 9.17) is 0 Å². The van der Waals surface area contributed by atoms with Gasteiger partial charge in [0.25, 0.3) is 0 Å². The number of nitrogens with one attached hydrogen (secondary N) is 1. The first-order chi connectivity index (χ1) is 15.5. The summed E-state index contributed by atoms with van der Waals surface area (Å²) < 4.78 is 0. The van der Waals surface area contributed by atoms with Gasteiger partial charge >= 0.3 is 0 Å². The first-order valence-electron chi connectivity index (χ1n) is 11.5. The van der Waals surface area contributed by atoms with Crippen LogP contribution in [-0.4, -0.2) is 28.7 Å². The number of hydrogen-bond donors (Lipinski definition) is 1. The Balaban J connectivity index is 1.34. The Hall–Kier alpha value is -3.21. The maximum Gasteiger partial charge on any atom is 0.248 e. The van der Waals surface area contributed by atoms with Gasteiger partial charge in [-0.05, 0) is 54.2 Å². The third-order valence-corrected chi connectivity index (χ3v) is 7.99. The van der Waals surface area contributed by atoms with Gasteiger partial charge in [-0.2, -0.15) is 0 Å². The summed E-state index contributed by atoms with van der Waals surface area (Å²) in [6, 6.07) is 16.3. The highest BCUT2D eigenvalue weighted by atomic mass is 16.2. The molecule has 1 N–H and O–H groups in total. The van der Waals surface area contributed by atoms with Crippen molar-refractivity contribution in [2.24, 2.45) is 35.5 Å². The molecule has 0 spiro atoms. The van der Waals surface area contributed by atoms with E-state index >= 15 is 0 Å². The van der Waals surface area contributed by atoms with E-state index in [0.717, 1.165) is 17.5 Å². The molecule has 2 aromatic rings. The molecular formula is C27H26N2O3. The molecule has 1 heterocycles. The van der Waals surface area contributed by atoms with E-state index < -0.39 is 6.04 Å². The lowest BCUT2D eigenvalue weighted by Crippen LogP contribution is -2.49. The van der Waals surface area contributed by atoms with Gasteiger partial charge in [-0.3, -0.25) is 19.3 Å². The lowest BCUT2D eigenvalue weighted by Gasteiger charge is -2.37. The quantitative estimate of drug-likeness (QED) is 0.587. The van der Waals surface area contributed by atoms with Gasteiger partial charge < -0.3 is 5.32 Å². The van der Waals surface area contributed by atoms with Crippen molar-refractivity contribution in [1.82, 2.24) is 4.90 Å². The van der Waals surface area contributed by atoms with Gasteiger partial charge in [-0.25, -0.2) is 0 Å². The zero-order valence-corrected chi connectivity index (χ0v) is 18.0. The van der Waals surface area contributed by atoms with Crippen molar-refractivity contribution in [2.75, 3.05) is 5.32 Å². The molecule has 5 heteroatoms. The molecule has 0 radical (unpaired) electrons. The molecule has 2 aromatic carbocycles. The second kappa shape index (κ2) is 7.16. The van der Waals surface area contributed by atoms with Gasteiger partial charge in [0.05, 0.1) is 11.8 Å². The minimum atomic E-state index is -0.863. The van der Waals surface area contributed by atoms with Crippen LogP contribution in [0.2, 0.25) is 0 Å². The van der Waals surface area contributed by atoms with Gasteiger partial charge in [0.2, 0.25) is 17.7 Å². The van der Waals surface area contributed by atoms with Crippen LogP contribution in [0.5, 0.6) is 0 Å². The average molecular weight is 427 g/mol. The second-order valence-corrected chi connectivity index (χ2v) is 9.71. The summed E-state index contributed by atoms with van der Waals surface area (Å²) in [5.41, 5.74) is 2.57. The normalized spacial score (nSPS) is 32.5. The van der Waals surface area contributed by atoms with Crippen molar-refractivity contribution >= 4 is 23.4 Å². The Morgan fingerprint density at radius 2 is 1.53 bits per heavy atom. The van der Waals surface area contributed by atoms with Crippen LogP contribution >= 0.6 is 0 Å². The summed E-state index contributed by atoms with van der Waals surface area (Å²) in [4.78, 5) is 42.1. The van der Waals surface area contributed by atoms with Crippen molar-refractivity contribution in [2.45, 2.75) is 25.8 Å². The van der Waals surface area contributed by atoms with E-state index in [0.29, 0.717) is 23.9 Å². The Kier molecular flexibility index (Phi) is 4.36. The summed E-state index contributed by atoms with van der Waals surface area (Å²) in [7, 11) is 0. The van der Waals surface area contributed by atoms with Crippen LogP contribution in [0.4, 0.5) is 5.69 Å². The molecule has 1 saturated heterocycles. The highest BCUT2D eigenvalue weighted by Crippen LogP contribution is 2.65. The van der Waals surface area contributed by atoms with E-state index in [1.165, 1.54) is 4.90 Å². The van der Waals surface area contributed by atoms with Crippen LogP contribution in [0, 0.1) is 42.4 Å². The third kappa shape index (κ3) is 2.87. The van der Waals surface area contributed by atoms with Gasteiger partial charge in [-0.15, -0.1) is 0 Å². The number of anilines is 1. The van der Waals surface area contributed by atoms with Crippen LogP contribution in [0.3, 0.4) is 0 Å². The van der Waals surface area contributed by atoms with Gasteiger partial charge in [0.1, 0.15) is 6.04 Å². The number of hydrogen-bond acceptors (Lipinski definition) is 3. The molecule has 3 amide bonds. The first-order valence-corrected chi connectivity index (χ1v) is 11.5. The molecule has 2 saturated carbocycles. The van der Waals surface area contributed by atoms with Crippen LogP contribution in [0.25, 0.3) is 0 Å². The number of benzene rings is 2. The highest BCUT2D eigenvalue weighted by Gasteiger charge is 2.67. The smallest absolute Gasteiger partial charge is 0.248 e. The van der Waals surface area contributed by atoms with Crippen molar-refractivity contribution in [1.29, 1.82) is 0 Å². The third-order valence-electron chi connectivity index (χ3n) is 7.99. The predicted molar refractivity (Wildman–Crippen MR) is 120 cm³/mol. The van der Waals surface area contributed by atoms with E-state index in [9.17, 15) is 14.4 Å². The maximum atomic E-state index is 13.7. The number of para-hydroxylation sites is 1.